The fraction of sp³-hybridized carbons (Fsp3) is 0.500. The zero-order chi connectivity index (χ0) is 13.8. The van der Waals surface area contributed by atoms with Gasteiger partial charge in [-0.05, 0) is 25.8 Å². The zero-order valence-corrected chi connectivity index (χ0v) is 10.9. The lowest BCUT2D eigenvalue weighted by Gasteiger charge is -2.19. The summed E-state index contributed by atoms with van der Waals surface area (Å²) in [6.07, 6.45) is 2.02. The smallest absolute Gasteiger partial charge is 0.325 e. The predicted molar refractivity (Wildman–Crippen MR) is 70.2 cm³/mol. The van der Waals surface area contributed by atoms with Crippen LogP contribution in [0.5, 0.6) is 5.75 Å². The van der Waals surface area contributed by atoms with Crippen molar-refractivity contribution >= 4 is 5.97 Å². The molecule has 0 bridgehead atoms. The molecule has 0 spiro atoms. The molecule has 5 heteroatoms. The minimum Gasteiger partial charge on any atom is -0.508 e. The summed E-state index contributed by atoms with van der Waals surface area (Å²) in [4.78, 5) is 11.4. The van der Waals surface area contributed by atoms with Crippen molar-refractivity contribution in [1.29, 1.82) is 0 Å². The highest BCUT2D eigenvalue weighted by Crippen LogP contribution is 2.26. The maximum absolute atomic E-state index is 11.4. The standard InChI is InChI=1S/C14H19NO4/c1-9-4-5-12(16)11(7-9)13(14(17)18)15-8-10-3-2-6-19-10/h4-5,7,10,13,15-16H,2-3,6,8H2,1H3,(H,17,18). The van der Waals surface area contributed by atoms with Gasteiger partial charge in [0, 0.05) is 18.7 Å². The van der Waals surface area contributed by atoms with Crippen molar-refractivity contribution in [3.05, 3.63) is 29.3 Å². The molecular formula is C14H19NO4. The number of carboxylic acid groups (broad SMARTS) is 1. The van der Waals surface area contributed by atoms with Crippen LogP contribution in [-0.2, 0) is 9.53 Å². The summed E-state index contributed by atoms with van der Waals surface area (Å²) in [5.74, 6) is -1.00. The van der Waals surface area contributed by atoms with Gasteiger partial charge in [0.05, 0.1) is 6.10 Å². The van der Waals surface area contributed by atoms with Crippen LogP contribution in [0.3, 0.4) is 0 Å². The number of benzene rings is 1. The SMILES string of the molecule is Cc1ccc(O)c(C(NCC2CCCO2)C(=O)O)c1. The van der Waals surface area contributed by atoms with E-state index in [2.05, 4.69) is 5.32 Å². The molecule has 1 saturated heterocycles. The molecule has 0 aromatic heterocycles. The molecule has 2 atom stereocenters. The summed E-state index contributed by atoms with van der Waals surface area (Å²) in [5.41, 5.74) is 1.31. The average Bonchev–Trinajstić information content (AvgIpc) is 2.86. The monoisotopic (exact) mass is 265 g/mol. The number of hydrogen-bond acceptors (Lipinski definition) is 4. The van der Waals surface area contributed by atoms with E-state index in [1.54, 1.807) is 12.1 Å². The quantitative estimate of drug-likeness (QED) is 0.753. The van der Waals surface area contributed by atoms with Gasteiger partial charge in [-0.15, -0.1) is 0 Å². The number of hydrogen-bond donors (Lipinski definition) is 3. The summed E-state index contributed by atoms with van der Waals surface area (Å²) in [5, 5.41) is 22.1. The van der Waals surface area contributed by atoms with Gasteiger partial charge >= 0.3 is 5.97 Å². The summed E-state index contributed by atoms with van der Waals surface area (Å²) in [6, 6.07) is 4.05. The van der Waals surface area contributed by atoms with Crippen molar-refractivity contribution in [3.8, 4) is 5.75 Å². The number of nitrogens with one attached hydrogen (secondary N) is 1. The van der Waals surface area contributed by atoms with E-state index in [0.29, 0.717) is 12.1 Å². The first-order valence-electron chi connectivity index (χ1n) is 6.45. The third kappa shape index (κ3) is 3.45. The molecule has 1 fully saturated rings. The largest absolute Gasteiger partial charge is 0.508 e. The fourth-order valence-corrected chi connectivity index (χ4v) is 2.29. The first-order valence-corrected chi connectivity index (χ1v) is 6.45. The van der Waals surface area contributed by atoms with Crippen molar-refractivity contribution in [2.75, 3.05) is 13.2 Å². The van der Waals surface area contributed by atoms with Crippen LogP contribution in [0.2, 0.25) is 0 Å². The number of phenols is 1. The molecule has 0 amide bonds. The Morgan fingerprint density at radius 3 is 3.00 bits per heavy atom. The average molecular weight is 265 g/mol. The van der Waals surface area contributed by atoms with Crippen LogP contribution in [0.15, 0.2) is 18.2 Å². The third-order valence-electron chi connectivity index (χ3n) is 3.31. The number of aliphatic carboxylic acids is 1. The van der Waals surface area contributed by atoms with Crippen LogP contribution in [0.4, 0.5) is 0 Å². The highest BCUT2D eigenvalue weighted by Gasteiger charge is 2.25. The molecule has 2 unspecified atom stereocenters. The third-order valence-corrected chi connectivity index (χ3v) is 3.31. The van der Waals surface area contributed by atoms with Gasteiger partial charge in [-0.25, -0.2) is 0 Å². The molecule has 2 rings (SSSR count). The maximum Gasteiger partial charge on any atom is 0.325 e. The number of aryl methyl sites for hydroxylation is 1. The lowest BCUT2D eigenvalue weighted by molar-refractivity contribution is -0.139. The van der Waals surface area contributed by atoms with Crippen LogP contribution in [-0.4, -0.2) is 35.4 Å². The van der Waals surface area contributed by atoms with Crippen molar-refractivity contribution in [1.82, 2.24) is 5.32 Å². The van der Waals surface area contributed by atoms with E-state index in [9.17, 15) is 15.0 Å². The summed E-state index contributed by atoms with van der Waals surface area (Å²) < 4.78 is 5.45. The summed E-state index contributed by atoms with van der Waals surface area (Å²) in [6.45, 7) is 3.08. The number of rotatable bonds is 5. The van der Waals surface area contributed by atoms with Gasteiger partial charge in [0.25, 0.3) is 0 Å². The van der Waals surface area contributed by atoms with Gasteiger partial charge in [-0.2, -0.15) is 0 Å². The highest BCUT2D eigenvalue weighted by molar-refractivity contribution is 5.76. The topological polar surface area (TPSA) is 78.8 Å². The first-order chi connectivity index (χ1) is 9.08. The second kappa shape index (κ2) is 6.04. The molecule has 3 N–H and O–H groups in total. The fourth-order valence-electron chi connectivity index (χ4n) is 2.29. The second-order valence-electron chi connectivity index (χ2n) is 4.88. The lowest BCUT2D eigenvalue weighted by atomic mass is 10.0. The first kappa shape index (κ1) is 13.8. The predicted octanol–water partition coefficient (Wildman–Crippen LogP) is 1.59. The summed E-state index contributed by atoms with van der Waals surface area (Å²) >= 11 is 0. The molecule has 1 heterocycles. The number of carboxylic acids is 1. The van der Waals surface area contributed by atoms with E-state index >= 15 is 0 Å². The Morgan fingerprint density at radius 1 is 1.58 bits per heavy atom. The molecular weight excluding hydrogens is 246 g/mol. The Labute approximate surface area is 112 Å². The normalized spacial score (nSPS) is 20.4. The highest BCUT2D eigenvalue weighted by atomic mass is 16.5. The molecule has 1 aromatic carbocycles. The Kier molecular flexibility index (Phi) is 4.39. The van der Waals surface area contributed by atoms with Crippen molar-refractivity contribution < 1.29 is 19.7 Å². The van der Waals surface area contributed by atoms with E-state index in [0.717, 1.165) is 25.0 Å². The summed E-state index contributed by atoms with van der Waals surface area (Å²) in [7, 11) is 0. The van der Waals surface area contributed by atoms with Gasteiger partial charge in [0.15, 0.2) is 0 Å². The van der Waals surface area contributed by atoms with Gasteiger partial charge in [-0.3, -0.25) is 10.1 Å². The minimum absolute atomic E-state index is 0.00200. The second-order valence-corrected chi connectivity index (χ2v) is 4.88. The van der Waals surface area contributed by atoms with E-state index in [1.807, 2.05) is 6.92 Å². The van der Waals surface area contributed by atoms with Gasteiger partial charge in [0.1, 0.15) is 11.8 Å². The molecule has 1 aromatic rings. The van der Waals surface area contributed by atoms with Crippen molar-refractivity contribution in [2.45, 2.75) is 31.9 Å². The number of ether oxygens (including phenoxy) is 1. The molecule has 1 aliphatic heterocycles. The van der Waals surface area contributed by atoms with Crippen LogP contribution in [0.25, 0.3) is 0 Å². The van der Waals surface area contributed by atoms with Gasteiger partial charge in [0.2, 0.25) is 0 Å². The zero-order valence-electron chi connectivity index (χ0n) is 10.9. The molecule has 104 valence electrons. The Morgan fingerprint density at radius 2 is 2.37 bits per heavy atom. The number of phenolic OH excluding ortho intramolecular Hbond substituents is 1. The Bertz CT molecular complexity index is 455. The molecule has 0 radical (unpaired) electrons. The maximum atomic E-state index is 11.4. The van der Waals surface area contributed by atoms with Crippen LogP contribution in [0, 0.1) is 6.92 Å². The molecule has 0 aliphatic carbocycles. The van der Waals surface area contributed by atoms with Gasteiger partial charge < -0.3 is 14.9 Å². The molecule has 0 saturated carbocycles. The molecule has 19 heavy (non-hydrogen) atoms. The Balaban J connectivity index is 2.10. The van der Waals surface area contributed by atoms with Crippen LogP contribution in [0.1, 0.15) is 30.0 Å². The van der Waals surface area contributed by atoms with E-state index in [1.165, 1.54) is 6.07 Å². The van der Waals surface area contributed by atoms with Gasteiger partial charge in [-0.1, -0.05) is 17.7 Å². The minimum atomic E-state index is -1.00. The van der Waals surface area contributed by atoms with E-state index in [-0.39, 0.29) is 11.9 Å². The molecule has 5 nitrogen and oxygen atoms in total. The van der Waals surface area contributed by atoms with E-state index in [4.69, 9.17) is 4.74 Å². The van der Waals surface area contributed by atoms with Crippen LogP contribution < -0.4 is 5.32 Å². The van der Waals surface area contributed by atoms with Crippen molar-refractivity contribution in [3.63, 3.8) is 0 Å². The molecule has 1 aliphatic rings. The van der Waals surface area contributed by atoms with E-state index < -0.39 is 12.0 Å². The number of carbonyl (C=O) groups is 1. The lowest BCUT2D eigenvalue weighted by Crippen LogP contribution is -2.34. The Hall–Kier alpha value is -1.59. The van der Waals surface area contributed by atoms with Crippen molar-refractivity contribution in [2.24, 2.45) is 0 Å². The number of aromatic hydroxyl groups is 1. The van der Waals surface area contributed by atoms with Crippen LogP contribution >= 0.6 is 0 Å².